The van der Waals surface area contributed by atoms with Gasteiger partial charge in [-0.3, -0.25) is 9.48 Å². The number of benzene rings is 1. The Bertz CT molecular complexity index is 615. The van der Waals surface area contributed by atoms with Gasteiger partial charge in [-0.05, 0) is 17.7 Å². The molecule has 0 saturated carbocycles. The number of aromatic nitrogens is 3. The van der Waals surface area contributed by atoms with Crippen molar-refractivity contribution in [2.75, 3.05) is 19.7 Å². The summed E-state index contributed by atoms with van der Waals surface area (Å²) in [5.74, 6) is -0.216. The van der Waals surface area contributed by atoms with Gasteiger partial charge in [0.05, 0.1) is 19.7 Å². The van der Waals surface area contributed by atoms with E-state index in [1.807, 2.05) is 0 Å². The van der Waals surface area contributed by atoms with Gasteiger partial charge in [0.2, 0.25) is 5.91 Å². The maximum Gasteiger partial charge on any atom is 0.224 e. The van der Waals surface area contributed by atoms with Crippen LogP contribution < -0.4 is 0 Å². The maximum atomic E-state index is 13.0. The third-order valence-electron chi connectivity index (χ3n) is 3.68. The number of hydrogen-bond acceptors (Lipinski definition) is 4. The summed E-state index contributed by atoms with van der Waals surface area (Å²) in [6, 6.07) is 6.21. The fraction of sp³-hybridized carbons (Fsp3) is 0.400. The first-order valence-corrected chi connectivity index (χ1v) is 7.19. The van der Waals surface area contributed by atoms with Gasteiger partial charge in [-0.25, -0.2) is 9.37 Å². The zero-order valence-corrected chi connectivity index (χ0v) is 12.1. The van der Waals surface area contributed by atoms with Crippen LogP contribution in [0.25, 0.3) is 0 Å². The topological polar surface area (TPSA) is 60.2 Å². The van der Waals surface area contributed by atoms with E-state index in [-0.39, 0.29) is 17.8 Å². The molecule has 0 unspecified atom stereocenters. The van der Waals surface area contributed by atoms with Crippen molar-refractivity contribution in [2.24, 2.45) is 0 Å². The molecule has 3 rings (SSSR count). The van der Waals surface area contributed by atoms with Crippen molar-refractivity contribution in [3.05, 3.63) is 48.3 Å². The molecular formula is C15H17FN4O2. The molecule has 0 bridgehead atoms. The van der Waals surface area contributed by atoms with Crippen LogP contribution in [0.4, 0.5) is 4.39 Å². The molecule has 1 aliphatic rings. The average Bonchev–Trinajstić information content (AvgIpc) is 3.07. The third-order valence-corrected chi connectivity index (χ3v) is 3.68. The lowest BCUT2D eigenvalue weighted by Gasteiger charge is -2.33. The van der Waals surface area contributed by atoms with E-state index in [1.54, 1.807) is 28.0 Å². The number of ether oxygens (including phenoxy) is 1. The highest BCUT2D eigenvalue weighted by atomic mass is 19.1. The lowest BCUT2D eigenvalue weighted by atomic mass is 10.1. The van der Waals surface area contributed by atoms with Gasteiger partial charge in [0.15, 0.2) is 0 Å². The van der Waals surface area contributed by atoms with E-state index in [2.05, 4.69) is 10.1 Å². The number of halogens is 1. The second-order valence-corrected chi connectivity index (χ2v) is 5.16. The van der Waals surface area contributed by atoms with Crippen LogP contribution in [-0.4, -0.2) is 45.3 Å². The molecule has 2 heterocycles. The van der Waals surface area contributed by atoms with Crippen molar-refractivity contribution in [3.63, 3.8) is 0 Å². The number of amides is 1. The number of rotatable bonds is 4. The Balaban J connectivity index is 1.57. The number of nitrogens with zero attached hydrogens (tertiary/aromatic N) is 4. The molecule has 1 aromatic heterocycles. The first-order chi connectivity index (χ1) is 10.7. The van der Waals surface area contributed by atoms with Crippen molar-refractivity contribution < 1.29 is 13.9 Å². The molecule has 1 fully saturated rings. The molecule has 1 aliphatic heterocycles. The summed E-state index contributed by atoms with van der Waals surface area (Å²) in [5, 5.41) is 3.98. The first-order valence-electron chi connectivity index (χ1n) is 7.19. The minimum atomic E-state index is -0.277. The van der Waals surface area contributed by atoms with Crippen LogP contribution in [0.1, 0.15) is 18.1 Å². The Morgan fingerprint density at radius 1 is 1.36 bits per heavy atom. The molecule has 1 amide bonds. The van der Waals surface area contributed by atoms with Crippen molar-refractivity contribution in [3.8, 4) is 0 Å². The summed E-state index contributed by atoms with van der Waals surface area (Å²) in [6.45, 7) is 2.06. The largest absolute Gasteiger partial charge is 0.370 e. The minimum absolute atomic E-state index is 0.0610. The SMILES string of the molecule is O=C(CCn1cncn1)N1CCO[C@@H](c2ccc(F)cc2)C1. The molecule has 6 nitrogen and oxygen atoms in total. The molecular weight excluding hydrogens is 287 g/mol. The van der Waals surface area contributed by atoms with E-state index in [9.17, 15) is 9.18 Å². The smallest absolute Gasteiger partial charge is 0.224 e. The molecule has 0 spiro atoms. The molecule has 22 heavy (non-hydrogen) atoms. The van der Waals surface area contributed by atoms with Crippen LogP contribution in [-0.2, 0) is 16.1 Å². The van der Waals surface area contributed by atoms with E-state index in [0.717, 1.165) is 5.56 Å². The molecule has 2 aromatic rings. The molecule has 7 heteroatoms. The van der Waals surface area contributed by atoms with Crippen LogP contribution in [0.15, 0.2) is 36.9 Å². The summed E-state index contributed by atoms with van der Waals surface area (Å²) in [7, 11) is 0. The van der Waals surface area contributed by atoms with E-state index in [0.29, 0.717) is 32.7 Å². The fourth-order valence-corrected chi connectivity index (χ4v) is 2.47. The number of hydrogen-bond donors (Lipinski definition) is 0. The van der Waals surface area contributed by atoms with Gasteiger partial charge in [-0.1, -0.05) is 12.1 Å². The van der Waals surface area contributed by atoms with Crippen LogP contribution in [0.3, 0.4) is 0 Å². The van der Waals surface area contributed by atoms with E-state index >= 15 is 0 Å². The first kappa shape index (κ1) is 14.6. The number of carbonyl (C=O) groups excluding carboxylic acids is 1. The summed E-state index contributed by atoms with van der Waals surface area (Å²) in [5.41, 5.74) is 0.884. The molecule has 0 aliphatic carbocycles. The fourth-order valence-electron chi connectivity index (χ4n) is 2.47. The molecule has 1 saturated heterocycles. The summed E-state index contributed by atoms with van der Waals surface area (Å²) in [4.78, 5) is 17.9. The lowest BCUT2D eigenvalue weighted by molar-refractivity contribution is -0.139. The van der Waals surface area contributed by atoms with Crippen molar-refractivity contribution in [1.82, 2.24) is 19.7 Å². The highest BCUT2D eigenvalue weighted by molar-refractivity contribution is 5.76. The van der Waals surface area contributed by atoms with Gasteiger partial charge in [0.25, 0.3) is 0 Å². The quantitative estimate of drug-likeness (QED) is 0.857. The summed E-state index contributed by atoms with van der Waals surface area (Å²) < 4.78 is 20.3. The number of aryl methyl sites for hydroxylation is 1. The van der Waals surface area contributed by atoms with Gasteiger partial charge in [-0.2, -0.15) is 5.10 Å². The van der Waals surface area contributed by atoms with Crippen molar-refractivity contribution in [1.29, 1.82) is 0 Å². The lowest BCUT2D eigenvalue weighted by Crippen LogP contribution is -2.42. The van der Waals surface area contributed by atoms with E-state index in [1.165, 1.54) is 18.5 Å². The molecule has 0 N–H and O–H groups in total. The van der Waals surface area contributed by atoms with Gasteiger partial charge in [0, 0.05) is 13.0 Å². The zero-order chi connectivity index (χ0) is 15.4. The predicted molar refractivity (Wildman–Crippen MR) is 76.3 cm³/mol. The average molecular weight is 304 g/mol. The van der Waals surface area contributed by atoms with E-state index in [4.69, 9.17) is 4.74 Å². The number of morpholine rings is 1. The van der Waals surface area contributed by atoms with Crippen molar-refractivity contribution in [2.45, 2.75) is 19.1 Å². The molecule has 1 aromatic carbocycles. The Kier molecular flexibility index (Phi) is 4.43. The normalized spacial score (nSPS) is 18.4. The Morgan fingerprint density at radius 3 is 2.91 bits per heavy atom. The van der Waals surface area contributed by atoms with Gasteiger partial charge in [0.1, 0.15) is 24.6 Å². The minimum Gasteiger partial charge on any atom is -0.370 e. The van der Waals surface area contributed by atoms with Gasteiger partial charge in [-0.15, -0.1) is 0 Å². The van der Waals surface area contributed by atoms with Gasteiger partial charge >= 0.3 is 0 Å². The van der Waals surface area contributed by atoms with Crippen molar-refractivity contribution >= 4 is 5.91 Å². The molecule has 1 atom stereocenters. The van der Waals surface area contributed by atoms with Gasteiger partial charge < -0.3 is 9.64 Å². The standard InChI is InChI=1S/C15H17FN4O2/c16-13-3-1-12(2-4-13)14-9-19(7-8-22-14)15(21)5-6-20-11-17-10-18-20/h1-4,10-11,14H,5-9H2/t14-/m1/s1. The highest BCUT2D eigenvalue weighted by Gasteiger charge is 2.25. The maximum absolute atomic E-state index is 13.0. The van der Waals surface area contributed by atoms with Crippen LogP contribution >= 0.6 is 0 Å². The second-order valence-electron chi connectivity index (χ2n) is 5.16. The third kappa shape index (κ3) is 3.48. The molecule has 116 valence electrons. The Morgan fingerprint density at radius 2 is 2.18 bits per heavy atom. The molecule has 0 radical (unpaired) electrons. The van der Waals surface area contributed by atoms with E-state index < -0.39 is 0 Å². The summed E-state index contributed by atoms with van der Waals surface area (Å²) in [6.07, 6.45) is 3.21. The Hall–Kier alpha value is -2.28. The van der Waals surface area contributed by atoms with Crippen LogP contribution in [0.5, 0.6) is 0 Å². The zero-order valence-electron chi connectivity index (χ0n) is 12.1. The second kappa shape index (κ2) is 6.65. The summed E-state index contributed by atoms with van der Waals surface area (Å²) >= 11 is 0. The monoisotopic (exact) mass is 304 g/mol. The van der Waals surface area contributed by atoms with Crippen LogP contribution in [0.2, 0.25) is 0 Å². The Labute approximate surface area is 127 Å². The van der Waals surface area contributed by atoms with Crippen LogP contribution in [0, 0.1) is 5.82 Å². The highest BCUT2D eigenvalue weighted by Crippen LogP contribution is 2.22. The predicted octanol–water partition coefficient (Wildman–Crippen LogP) is 1.41. The number of carbonyl (C=O) groups is 1.